The van der Waals surface area contributed by atoms with E-state index < -0.39 is 0 Å². The Morgan fingerprint density at radius 3 is 3.21 bits per heavy atom. The number of aromatic nitrogens is 3. The molecule has 3 heterocycles. The zero-order chi connectivity index (χ0) is 13.1. The maximum absolute atomic E-state index is 9.08. The van der Waals surface area contributed by atoms with Gasteiger partial charge < -0.3 is 9.67 Å². The van der Waals surface area contributed by atoms with Crippen LogP contribution < -0.4 is 0 Å². The zero-order valence-electron chi connectivity index (χ0n) is 11.0. The SMILES string of the molecule is OCCCn1c(C2CCCSC2)nc2cccnc21. The number of nitrogens with zero attached hydrogens (tertiary/aromatic N) is 3. The van der Waals surface area contributed by atoms with Gasteiger partial charge >= 0.3 is 0 Å². The first kappa shape index (κ1) is 12.9. The molecule has 3 rings (SSSR count). The van der Waals surface area contributed by atoms with Crippen LogP contribution in [0.1, 0.15) is 31.0 Å². The molecule has 5 heteroatoms. The molecule has 1 atom stereocenters. The van der Waals surface area contributed by atoms with Gasteiger partial charge in [-0.2, -0.15) is 11.8 Å². The molecular weight excluding hydrogens is 258 g/mol. The highest BCUT2D eigenvalue weighted by Gasteiger charge is 2.22. The van der Waals surface area contributed by atoms with E-state index in [1.807, 2.05) is 30.1 Å². The third kappa shape index (κ3) is 2.62. The second-order valence-corrected chi connectivity index (χ2v) is 6.11. The van der Waals surface area contributed by atoms with Crippen LogP contribution in [0.2, 0.25) is 0 Å². The molecule has 1 N–H and O–H groups in total. The van der Waals surface area contributed by atoms with Gasteiger partial charge in [-0.15, -0.1) is 0 Å². The maximum Gasteiger partial charge on any atom is 0.159 e. The Balaban J connectivity index is 2.00. The van der Waals surface area contributed by atoms with E-state index in [4.69, 9.17) is 10.1 Å². The first-order valence-corrected chi connectivity index (χ1v) is 8.05. The molecule has 1 saturated heterocycles. The van der Waals surface area contributed by atoms with E-state index in [0.717, 1.165) is 35.7 Å². The molecular formula is C14H19N3OS. The molecule has 0 aromatic carbocycles. The highest BCUT2D eigenvalue weighted by molar-refractivity contribution is 7.99. The highest BCUT2D eigenvalue weighted by Crippen LogP contribution is 2.32. The molecule has 1 unspecified atom stereocenters. The summed E-state index contributed by atoms with van der Waals surface area (Å²) in [6, 6.07) is 3.96. The lowest BCUT2D eigenvalue weighted by Crippen LogP contribution is -2.15. The van der Waals surface area contributed by atoms with E-state index >= 15 is 0 Å². The summed E-state index contributed by atoms with van der Waals surface area (Å²) in [4.78, 5) is 9.26. The van der Waals surface area contributed by atoms with Gasteiger partial charge in [0.25, 0.3) is 0 Å². The van der Waals surface area contributed by atoms with Gasteiger partial charge in [0.05, 0.1) is 0 Å². The molecule has 0 bridgehead atoms. The van der Waals surface area contributed by atoms with E-state index in [1.165, 1.54) is 18.6 Å². The van der Waals surface area contributed by atoms with Gasteiger partial charge in [0, 0.05) is 31.0 Å². The third-order valence-corrected chi connectivity index (χ3v) is 4.81. The summed E-state index contributed by atoms with van der Waals surface area (Å²) in [5, 5.41) is 9.08. The first-order valence-electron chi connectivity index (χ1n) is 6.90. The molecule has 1 aliphatic rings. The van der Waals surface area contributed by atoms with Crippen molar-refractivity contribution < 1.29 is 5.11 Å². The number of aliphatic hydroxyl groups is 1. The fourth-order valence-electron chi connectivity index (χ4n) is 2.68. The predicted molar refractivity (Wildman–Crippen MR) is 78.5 cm³/mol. The van der Waals surface area contributed by atoms with Crippen molar-refractivity contribution in [2.24, 2.45) is 0 Å². The molecule has 0 amide bonds. The lowest BCUT2D eigenvalue weighted by atomic mass is 10.0. The summed E-state index contributed by atoms with van der Waals surface area (Å²) in [5.74, 6) is 4.12. The van der Waals surface area contributed by atoms with Crippen molar-refractivity contribution in [3.8, 4) is 0 Å². The van der Waals surface area contributed by atoms with Crippen LogP contribution in [-0.4, -0.2) is 37.8 Å². The molecule has 0 aliphatic carbocycles. The molecule has 1 aliphatic heterocycles. The summed E-state index contributed by atoms with van der Waals surface area (Å²) in [6.45, 7) is 1.02. The number of hydrogen-bond acceptors (Lipinski definition) is 4. The predicted octanol–water partition coefficient (Wildman–Crippen LogP) is 2.42. The lowest BCUT2D eigenvalue weighted by Gasteiger charge is -2.21. The van der Waals surface area contributed by atoms with E-state index in [9.17, 15) is 0 Å². The van der Waals surface area contributed by atoms with Crippen LogP contribution in [0.3, 0.4) is 0 Å². The standard InChI is InChI=1S/C14H19N3OS/c18-8-3-7-17-13(11-4-2-9-19-10-11)16-12-5-1-6-15-14(12)17/h1,5-6,11,18H,2-4,7-10H2. The molecule has 2 aromatic heterocycles. The van der Waals surface area contributed by atoms with Gasteiger partial charge in [-0.05, 0) is 37.1 Å². The molecule has 0 saturated carbocycles. The monoisotopic (exact) mass is 277 g/mol. The van der Waals surface area contributed by atoms with E-state index in [-0.39, 0.29) is 6.61 Å². The van der Waals surface area contributed by atoms with Crippen molar-refractivity contribution in [3.05, 3.63) is 24.2 Å². The van der Waals surface area contributed by atoms with Crippen LogP contribution >= 0.6 is 11.8 Å². The van der Waals surface area contributed by atoms with E-state index in [1.54, 1.807) is 0 Å². The molecule has 19 heavy (non-hydrogen) atoms. The number of hydrogen-bond donors (Lipinski definition) is 1. The second-order valence-electron chi connectivity index (χ2n) is 4.96. The van der Waals surface area contributed by atoms with Crippen LogP contribution in [0.15, 0.2) is 18.3 Å². The number of imidazole rings is 1. The van der Waals surface area contributed by atoms with Crippen molar-refractivity contribution in [3.63, 3.8) is 0 Å². The summed E-state index contributed by atoms with van der Waals surface area (Å²) in [6.07, 6.45) is 5.06. The Morgan fingerprint density at radius 1 is 1.47 bits per heavy atom. The zero-order valence-corrected chi connectivity index (χ0v) is 11.8. The smallest absolute Gasteiger partial charge is 0.159 e. The summed E-state index contributed by atoms with van der Waals surface area (Å²) >= 11 is 2.02. The van der Waals surface area contributed by atoms with Gasteiger partial charge in [-0.25, -0.2) is 9.97 Å². The van der Waals surface area contributed by atoms with E-state index in [0.29, 0.717) is 5.92 Å². The number of thioether (sulfide) groups is 1. The Morgan fingerprint density at radius 2 is 2.42 bits per heavy atom. The van der Waals surface area contributed by atoms with Gasteiger partial charge in [0.15, 0.2) is 5.65 Å². The largest absolute Gasteiger partial charge is 0.396 e. The van der Waals surface area contributed by atoms with Crippen molar-refractivity contribution in [2.75, 3.05) is 18.1 Å². The fraction of sp³-hybridized carbons (Fsp3) is 0.571. The van der Waals surface area contributed by atoms with Gasteiger partial charge in [0.1, 0.15) is 11.3 Å². The molecule has 102 valence electrons. The highest BCUT2D eigenvalue weighted by atomic mass is 32.2. The number of fused-ring (bicyclic) bond motifs is 1. The molecule has 2 aromatic rings. The average Bonchev–Trinajstić information content (AvgIpc) is 2.85. The molecule has 0 radical (unpaired) electrons. The van der Waals surface area contributed by atoms with Crippen LogP contribution in [0.4, 0.5) is 0 Å². The number of aliphatic hydroxyl groups excluding tert-OH is 1. The fourth-order valence-corrected chi connectivity index (χ4v) is 3.82. The van der Waals surface area contributed by atoms with Gasteiger partial charge in [0.2, 0.25) is 0 Å². The number of aryl methyl sites for hydroxylation is 1. The molecule has 0 spiro atoms. The summed E-state index contributed by atoms with van der Waals surface area (Å²) in [7, 11) is 0. The van der Waals surface area contributed by atoms with Crippen LogP contribution in [0, 0.1) is 0 Å². The summed E-state index contributed by atoms with van der Waals surface area (Å²) in [5.41, 5.74) is 1.94. The van der Waals surface area contributed by atoms with Crippen molar-refractivity contribution in [1.29, 1.82) is 0 Å². The normalized spacial score (nSPS) is 19.9. The van der Waals surface area contributed by atoms with Crippen molar-refractivity contribution in [2.45, 2.75) is 31.7 Å². The number of rotatable bonds is 4. The molecule has 4 nitrogen and oxygen atoms in total. The Hall–Kier alpha value is -1.07. The van der Waals surface area contributed by atoms with Crippen LogP contribution in [-0.2, 0) is 6.54 Å². The molecule has 1 fully saturated rings. The third-order valence-electron chi connectivity index (χ3n) is 3.60. The minimum absolute atomic E-state index is 0.214. The van der Waals surface area contributed by atoms with Crippen LogP contribution in [0.25, 0.3) is 11.2 Å². The first-order chi connectivity index (χ1) is 9.40. The Labute approximate surface area is 117 Å². The van der Waals surface area contributed by atoms with Crippen molar-refractivity contribution in [1.82, 2.24) is 14.5 Å². The quantitative estimate of drug-likeness (QED) is 0.932. The minimum atomic E-state index is 0.214. The van der Waals surface area contributed by atoms with Crippen molar-refractivity contribution >= 4 is 22.9 Å². The van der Waals surface area contributed by atoms with Gasteiger partial charge in [-0.1, -0.05) is 0 Å². The number of pyridine rings is 1. The van der Waals surface area contributed by atoms with Crippen LogP contribution in [0.5, 0.6) is 0 Å². The Kier molecular flexibility index (Phi) is 4.03. The second kappa shape index (κ2) is 5.92. The minimum Gasteiger partial charge on any atom is -0.396 e. The Bertz CT molecular complexity index is 549. The maximum atomic E-state index is 9.08. The van der Waals surface area contributed by atoms with E-state index in [2.05, 4.69) is 9.55 Å². The topological polar surface area (TPSA) is 50.9 Å². The van der Waals surface area contributed by atoms with Gasteiger partial charge in [-0.3, -0.25) is 0 Å². The average molecular weight is 277 g/mol. The summed E-state index contributed by atoms with van der Waals surface area (Å²) < 4.78 is 2.21. The lowest BCUT2D eigenvalue weighted by molar-refractivity contribution is 0.279.